The van der Waals surface area contributed by atoms with Gasteiger partial charge in [-0.1, -0.05) is 36.4 Å². The molecule has 0 aliphatic rings. The van der Waals surface area contributed by atoms with E-state index < -0.39 is 6.09 Å². The van der Waals surface area contributed by atoms with Crippen molar-refractivity contribution >= 4 is 29.1 Å². The Morgan fingerprint density at radius 3 is 2.16 bits per heavy atom. The summed E-state index contributed by atoms with van der Waals surface area (Å²) in [7, 11) is 0. The molecule has 0 aliphatic carbocycles. The van der Waals surface area contributed by atoms with Crippen LogP contribution in [0, 0.1) is 0 Å². The highest BCUT2D eigenvalue weighted by Gasteiger charge is 2.06. The fourth-order valence-electron chi connectivity index (χ4n) is 1.40. The van der Waals surface area contributed by atoms with Crippen molar-refractivity contribution in [3.63, 3.8) is 0 Å². The molecule has 5 heteroatoms. The average Bonchev–Trinajstić information content (AvgIpc) is 2.40. The molecule has 0 atom stereocenters. The zero-order valence-corrected chi connectivity index (χ0v) is 10.8. The average molecular weight is 272 g/mol. The summed E-state index contributed by atoms with van der Waals surface area (Å²) in [6.07, 6.45) is -0.625. The van der Waals surface area contributed by atoms with Crippen molar-refractivity contribution in [2.24, 2.45) is 0 Å². The number of ether oxygens (including phenoxy) is 1. The number of rotatable bonds is 2. The van der Waals surface area contributed by atoms with Gasteiger partial charge in [-0.3, -0.25) is 5.32 Å². The number of hydrogen-bond acceptors (Lipinski definition) is 3. The molecule has 0 saturated carbocycles. The summed E-state index contributed by atoms with van der Waals surface area (Å²) in [4.78, 5) is 11.6. The molecule has 0 bridgehead atoms. The molecular formula is C14H12N2O2S. The number of benzene rings is 2. The van der Waals surface area contributed by atoms with Gasteiger partial charge >= 0.3 is 6.09 Å². The molecule has 0 saturated heterocycles. The number of hydrogen-bond donors (Lipinski definition) is 2. The van der Waals surface area contributed by atoms with Crippen molar-refractivity contribution in [3.8, 4) is 5.75 Å². The largest absolute Gasteiger partial charge is 0.418 e. The van der Waals surface area contributed by atoms with Crippen LogP contribution in [0.1, 0.15) is 0 Å². The molecule has 19 heavy (non-hydrogen) atoms. The van der Waals surface area contributed by atoms with E-state index in [1.807, 2.05) is 36.4 Å². The lowest BCUT2D eigenvalue weighted by Crippen LogP contribution is -2.36. The second kappa shape index (κ2) is 6.51. The molecule has 96 valence electrons. The Balaban J connectivity index is 1.84. The van der Waals surface area contributed by atoms with Gasteiger partial charge in [0, 0.05) is 5.69 Å². The molecule has 0 aliphatic heterocycles. The van der Waals surface area contributed by atoms with Crippen LogP contribution in [0.2, 0.25) is 0 Å². The molecule has 2 N–H and O–H groups in total. The third-order valence-electron chi connectivity index (χ3n) is 2.20. The minimum absolute atomic E-state index is 0.187. The summed E-state index contributed by atoms with van der Waals surface area (Å²) < 4.78 is 5.05. The summed E-state index contributed by atoms with van der Waals surface area (Å²) in [6.45, 7) is 0. The first-order chi connectivity index (χ1) is 9.24. The number of para-hydroxylation sites is 2. The van der Waals surface area contributed by atoms with Gasteiger partial charge in [-0.2, -0.15) is 0 Å². The predicted octanol–water partition coefficient (Wildman–Crippen LogP) is 3.17. The van der Waals surface area contributed by atoms with Crippen LogP contribution in [0.3, 0.4) is 0 Å². The van der Waals surface area contributed by atoms with E-state index >= 15 is 0 Å². The lowest BCUT2D eigenvalue weighted by atomic mass is 10.3. The SMILES string of the molecule is O=C(NC(=S)Nc1ccccc1)Oc1ccccc1. The number of thiocarbonyl (C=S) groups is 1. The molecule has 4 nitrogen and oxygen atoms in total. The van der Waals surface area contributed by atoms with Crippen LogP contribution in [0.5, 0.6) is 5.75 Å². The van der Waals surface area contributed by atoms with Gasteiger partial charge in [0.1, 0.15) is 5.75 Å². The smallest absolute Gasteiger partial charge is 0.410 e. The highest BCUT2D eigenvalue weighted by Crippen LogP contribution is 2.08. The van der Waals surface area contributed by atoms with Crippen molar-refractivity contribution in [2.75, 3.05) is 5.32 Å². The van der Waals surface area contributed by atoms with Gasteiger partial charge in [0.2, 0.25) is 0 Å². The van der Waals surface area contributed by atoms with Crippen LogP contribution in [-0.2, 0) is 0 Å². The maximum absolute atomic E-state index is 11.6. The molecule has 1 amide bonds. The van der Waals surface area contributed by atoms with Gasteiger partial charge in [0.05, 0.1) is 0 Å². The van der Waals surface area contributed by atoms with Crippen molar-refractivity contribution < 1.29 is 9.53 Å². The molecular weight excluding hydrogens is 260 g/mol. The van der Waals surface area contributed by atoms with E-state index in [2.05, 4.69) is 10.6 Å². The first-order valence-electron chi connectivity index (χ1n) is 5.64. The molecule has 0 radical (unpaired) electrons. The molecule has 2 rings (SSSR count). The molecule has 0 fully saturated rings. The zero-order chi connectivity index (χ0) is 13.5. The Labute approximate surface area is 116 Å². The highest BCUT2D eigenvalue weighted by atomic mass is 32.1. The van der Waals surface area contributed by atoms with Gasteiger partial charge in [-0.05, 0) is 36.5 Å². The quantitative estimate of drug-likeness (QED) is 0.824. The van der Waals surface area contributed by atoms with Crippen LogP contribution in [0.4, 0.5) is 10.5 Å². The molecule has 2 aromatic carbocycles. The third kappa shape index (κ3) is 4.40. The molecule has 2 aromatic rings. The number of carbonyl (C=O) groups excluding carboxylic acids is 1. The van der Waals surface area contributed by atoms with Crippen LogP contribution in [0.15, 0.2) is 60.7 Å². The zero-order valence-electron chi connectivity index (χ0n) is 10.00. The molecule has 0 spiro atoms. The summed E-state index contributed by atoms with van der Waals surface area (Å²) >= 11 is 5.01. The van der Waals surface area contributed by atoms with E-state index in [0.717, 1.165) is 5.69 Å². The summed E-state index contributed by atoms with van der Waals surface area (Å²) in [5.41, 5.74) is 0.799. The standard InChI is InChI=1S/C14H12N2O2S/c17-14(18-12-9-5-2-6-10-12)16-13(19)15-11-7-3-1-4-8-11/h1-10H,(H2,15,16,17,19). The topological polar surface area (TPSA) is 50.4 Å². The molecule has 0 heterocycles. The lowest BCUT2D eigenvalue weighted by molar-refractivity contribution is 0.206. The maximum atomic E-state index is 11.6. The second-order valence-corrected chi connectivity index (χ2v) is 4.06. The van der Waals surface area contributed by atoms with E-state index in [-0.39, 0.29) is 5.11 Å². The Kier molecular flexibility index (Phi) is 4.47. The molecule has 0 unspecified atom stereocenters. The normalized spacial score (nSPS) is 9.47. The number of anilines is 1. The second-order valence-electron chi connectivity index (χ2n) is 3.65. The number of amides is 1. The Hall–Kier alpha value is -2.40. The Morgan fingerprint density at radius 1 is 0.947 bits per heavy atom. The summed E-state index contributed by atoms with van der Waals surface area (Å²) in [5.74, 6) is 0.461. The van der Waals surface area contributed by atoms with Crippen molar-refractivity contribution in [1.82, 2.24) is 5.32 Å². The van der Waals surface area contributed by atoms with Gasteiger partial charge in [-0.15, -0.1) is 0 Å². The van der Waals surface area contributed by atoms with E-state index in [9.17, 15) is 4.79 Å². The van der Waals surface area contributed by atoms with Crippen molar-refractivity contribution in [2.45, 2.75) is 0 Å². The number of carbonyl (C=O) groups is 1. The Morgan fingerprint density at radius 2 is 1.53 bits per heavy atom. The van der Waals surface area contributed by atoms with E-state index in [1.54, 1.807) is 24.3 Å². The fourth-order valence-corrected chi connectivity index (χ4v) is 1.60. The minimum atomic E-state index is -0.625. The van der Waals surface area contributed by atoms with Gasteiger partial charge in [0.25, 0.3) is 0 Å². The van der Waals surface area contributed by atoms with Crippen molar-refractivity contribution in [1.29, 1.82) is 0 Å². The van der Waals surface area contributed by atoms with E-state index in [1.165, 1.54) is 0 Å². The fraction of sp³-hybridized carbons (Fsp3) is 0. The van der Waals surface area contributed by atoms with E-state index in [4.69, 9.17) is 17.0 Å². The van der Waals surface area contributed by atoms with Crippen LogP contribution in [0.25, 0.3) is 0 Å². The summed E-state index contributed by atoms with van der Waals surface area (Å²) in [5, 5.41) is 5.50. The monoisotopic (exact) mass is 272 g/mol. The van der Waals surface area contributed by atoms with Gasteiger partial charge < -0.3 is 10.1 Å². The first kappa shape index (κ1) is 13.0. The first-order valence-corrected chi connectivity index (χ1v) is 6.05. The maximum Gasteiger partial charge on any atom is 0.418 e. The third-order valence-corrected chi connectivity index (χ3v) is 2.41. The minimum Gasteiger partial charge on any atom is -0.410 e. The van der Waals surface area contributed by atoms with E-state index in [0.29, 0.717) is 5.75 Å². The van der Waals surface area contributed by atoms with Crippen LogP contribution >= 0.6 is 12.2 Å². The van der Waals surface area contributed by atoms with Crippen LogP contribution < -0.4 is 15.4 Å². The van der Waals surface area contributed by atoms with Crippen LogP contribution in [-0.4, -0.2) is 11.2 Å². The van der Waals surface area contributed by atoms with Gasteiger partial charge in [0.15, 0.2) is 5.11 Å². The highest BCUT2D eigenvalue weighted by molar-refractivity contribution is 7.80. The number of nitrogens with one attached hydrogen (secondary N) is 2. The van der Waals surface area contributed by atoms with Gasteiger partial charge in [-0.25, -0.2) is 4.79 Å². The van der Waals surface area contributed by atoms with Crippen molar-refractivity contribution in [3.05, 3.63) is 60.7 Å². The summed E-state index contributed by atoms with van der Waals surface area (Å²) in [6, 6.07) is 18.1. The Bertz CT molecular complexity index is 507. The predicted molar refractivity (Wildman–Crippen MR) is 78.3 cm³/mol. The molecule has 0 aromatic heterocycles. The lowest BCUT2D eigenvalue weighted by Gasteiger charge is -2.09.